The zero-order valence-electron chi connectivity index (χ0n) is 10.7. The predicted molar refractivity (Wildman–Crippen MR) is 64.4 cm³/mol. The summed E-state index contributed by atoms with van der Waals surface area (Å²) in [6.07, 6.45) is -1.13. The van der Waals surface area contributed by atoms with Gasteiger partial charge < -0.3 is 14.7 Å². The molecule has 1 aromatic rings. The number of ether oxygens (including phenoxy) is 1. The summed E-state index contributed by atoms with van der Waals surface area (Å²) in [5.41, 5.74) is -0.118. The van der Waals surface area contributed by atoms with Crippen LogP contribution in [0.15, 0.2) is 12.1 Å². The molecule has 5 nitrogen and oxygen atoms in total. The van der Waals surface area contributed by atoms with Gasteiger partial charge in [0.2, 0.25) is 0 Å². The van der Waals surface area contributed by atoms with Crippen molar-refractivity contribution in [3.8, 4) is 0 Å². The van der Waals surface area contributed by atoms with Crippen LogP contribution >= 0.6 is 0 Å². The first kappa shape index (κ1) is 14.4. The number of nitrogens with zero attached hydrogens (tertiary/aromatic N) is 1. The summed E-state index contributed by atoms with van der Waals surface area (Å²) >= 11 is 0. The number of carboxylic acid groups (broad SMARTS) is 1. The summed E-state index contributed by atoms with van der Waals surface area (Å²) in [6.45, 7) is 1.48. The molecule has 1 amide bonds. The van der Waals surface area contributed by atoms with Crippen LogP contribution in [-0.2, 0) is 9.53 Å². The van der Waals surface area contributed by atoms with E-state index in [9.17, 15) is 18.4 Å². The van der Waals surface area contributed by atoms with Gasteiger partial charge in [0, 0.05) is 12.6 Å². The largest absolute Gasteiger partial charge is 0.479 e. The number of rotatable bonds is 2. The number of hydrogen-bond acceptors (Lipinski definition) is 3. The highest BCUT2D eigenvalue weighted by atomic mass is 19.1. The van der Waals surface area contributed by atoms with Crippen LogP contribution in [0.1, 0.15) is 15.9 Å². The molecule has 7 heteroatoms. The zero-order valence-corrected chi connectivity index (χ0v) is 10.7. The molecule has 1 aromatic carbocycles. The van der Waals surface area contributed by atoms with Gasteiger partial charge in [0.25, 0.3) is 5.91 Å². The maximum Gasteiger partial charge on any atom is 0.334 e. The fraction of sp³-hybridized carbons (Fsp3) is 0.385. The summed E-state index contributed by atoms with van der Waals surface area (Å²) < 4.78 is 31.8. The van der Waals surface area contributed by atoms with Crippen LogP contribution in [0.3, 0.4) is 0 Å². The van der Waals surface area contributed by atoms with Gasteiger partial charge in [-0.15, -0.1) is 0 Å². The number of hydrogen-bond donors (Lipinski definition) is 1. The molecule has 1 aliphatic rings. The van der Waals surface area contributed by atoms with Gasteiger partial charge in [0.15, 0.2) is 6.10 Å². The van der Waals surface area contributed by atoms with E-state index in [2.05, 4.69) is 0 Å². The third kappa shape index (κ3) is 2.77. The second-order valence-electron chi connectivity index (χ2n) is 4.53. The molecule has 0 radical (unpaired) electrons. The monoisotopic (exact) mass is 285 g/mol. The summed E-state index contributed by atoms with van der Waals surface area (Å²) in [5, 5.41) is 8.86. The number of aryl methyl sites for hydroxylation is 1. The highest BCUT2D eigenvalue weighted by Gasteiger charge is 2.30. The molecule has 1 heterocycles. The average Bonchev–Trinajstić information content (AvgIpc) is 2.42. The number of morpholine rings is 1. The fourth-order valence-electron chi connectivity index (χ4n) is 1.97. The van der Waals surface area contributed by atoms with E-state index in [1.54, 1.807) is 0 Å². The number of amides is 1. The van der Waals surface area contributed by atoms with Crippen LogP contribution in [0.4, 0.5) is 8.78 Å². The molecular weight excluding hydrogens is 272 g/mol. The Labute approximate surface area is 113 Å². The quantitative estimate of drug-likeness (QED) is 0.886. The predicted octanol–water partition coefficient (Wildman–Crippen LogP) is 1.20. The first-order valence-corrected chi connectivity index (χ1v) is 5.99. The summed E-state index contributed by atoms with van der Waals surface area (Å²) in [7, 11) is 0. The van der Waals surface area contributed by atoms with Gasteiger partial charge in [-0.1, -0.05) is 0 Å². The molecule has 1 atom stereocenters. The van der Waals surface area contributed by atoms with Gasteiger partial charge in [-0.25, -0.2) is 13.6 Å². The lowest BCUT2D eigenvalue weighted by Crippen LogP contribution is -2.48. The van der Waals surface area contributed by atoms with Crippen LogP contribution in [0.25, 0.3) is 0 Å². The Kier molecular flexibility index (Phi) is 3.99. The van der Waals surface area contributed by atoms with Crippen LogP contribution in [-0.4, -0.2) is 47.7 Å². The molecule has 0 saturated carbocycles. The van der Waals surface area contributed by atoms with Crippen molar-refractivity contribution in [3.63, 3.8) is 0 Å². The Morgan fingerprint density at radius 2 is 2.05 bits per heavy atom. The number of halogens is 2. The molecule has 0 aliphatic carbocycles. The molecule has 0 spiro atoms. The van der Waals surface area contributed by atoms with E-state index < -0.39 is 29.6 Å². The molecule has 0 aromatic heterocycles. The molecule has 1 saturated heterocycles. The number of carboxylic acids is 1. The average molecular weight is 285 g/mol. The minimum Gasteiger partial charge on any atom is -0.479 e. The summed E-state index contributed by atoms with van der Waals surface area (Å²) in [5.74, 6) is -3.54. The Morgan fingerprint density at radius 1 is 1.35 bits per heavy atom. The second-order valence-corrected chi connectivity index (χ2v) is 4.53. The van der Waals surface area contributed by atoms with E-state index in [4.69, 9.17) is 9.84 Å². The van der Waals surface area contributed by atoms with E-state index >= 15 is 0 Å². The number of carbonyl (C=O) groups excluding carboxylic acids is 1. The smallest absolute Gasteiger partial charge is 0.334 e. The Hall–Kier alpha value is -2.02. The van der Waals surface area contributed by atoms with Crippen molar-refractivity contribution in [2.75, 3.05) is 19.7 Å². The van der Waals surface area contributed by atoms with E-state index in [0.29, 0.717) is 6.07 Å². The first-order chi connectivity index (χ1) is 9.40. The number of aliphatic carboxylic acids is 1. The minimum atomic E-state index is -1.18. The standard InChI is InChI=1S/C13H13F2NO4/c1-7-4-8(10(15)5-9(7)14)12(17)16-2-3-20-11(6-16)13(18)19/h4-5,11H,2-3,6H2,1H3,(H,18,19). The van der Waals surface area contributed by atoms with Gasteiger partial charge in [0.05, 0.1) is 18.7 Å². The SMILES string of the molecule is Cc1cc(C(=O)N2CCOC(C(=O)O)C2)c(F)cc1F. The van der Waals surface area contributed by atoms with Gasteiger partial charge in [-0.05, 0) is 18.6 Å². The van der Waals surface area contributed by atoms with Crippen LogP contribution in [0, 0.1) is 18.6 Å². The van der Waals surface area contributed by atoms with Crippen molar-refractivity contribution in [2.45, 2.75) is 13.0 Å². The van der Waals surface area contributed by atoms with Crippen LogP contribution in [0.5, 0.6) is 0 Å². The number of carbonyl (C=O) groups is 2. The van der Waals surface area contributed by atoms with E-state index in [1.165, 1.54) is 11.8 Å². The van der Waals surface area contributed by atoms with Crippen molar-refractivity contribution in [2.24, 2.45) is 0 Å². The van der Waals surface area contributed by atoms with Crippen molar-refractivity contribution >= 4 is 11.9 Å². The Balaban J connectivity index is 2.23. The van der Waals surface area contributed by atoms with E-state index in [0.717, 1.165) is 6.07 Å². The third-order valence-corrected chi connectivity index (χ3v) is 3.11. The normalized spacial score (nSPS) is 18.9. The lowest BCUT2D eigenvalue weighted by atomic mass is 10.1. The Morgan fingerprint density at radius 3 is 2.70 bits per heavy atom. The third-order valence-electron chi connectivity index (χ3n) is 3.11. The molecule has 20 heavy (non-hydrogen) atoms. The van der Waals surface area contributed by atoms with E-state index in [1.807, 2.05) is 0 Å². The lowest BCUT2D eigenvalue weighted by Gasteiger charge is -2.31. The van der Waals surface area contributed by atoms with Crippen molar-refractivity contribution in [1.82, 2.24) is 4.90 Å². The topological polar surface area (TPSA) is 66.8 Å². The second kappa shape index (κ2) is 5.54. The highest BCUT2D eigenvalue weighted by molar-refractivity contribution is 5.95. The molecule has 1 unspecified atom stereocenters. The molecule has 1 N–H and O–H groups in total. The zero-order chi connectivity index (χ0) is 14.9. The molecular formula is C13H13F2NO4. The van der Waals surface area contributed by atoms with Gasteiger partial charge in [-0.3, -0.25) is 4.79 Å². The lowest BCUT2D eigenvalue weighted by molar-refractivity contribution is -0.154. The summed E-state index contributed by atoms with van der Waals surface area (Å²) in [4.78, 5) is 24.2. The molecule has 2 rings (SSSR count). The van der Waals surface area contributed by atoms with Crippen LogP contribution in [0.2, 0.25) is 0 Å². The van der Waals surface area contributed by atoms with Crippen LogP contribution < -0.4 is 0 Å². The molecule has 1 fully saturated rings. The molecule has 108 valence electrons. The maximum atomic E-state index is 13.7. The first-order valence-electron chi connectivity index (χ1n) is 5.99. The fourth-order valence-corrected chi connectivity index (χ4v) is 1.97. The maximum absolute atomic E-state index is 13.7. The summed E-state index contributed by atoms with van der Waals surface area (Å²) in [6, 6.07) is 1.77. The Bertz CT molecular complexity index is 562. The van der Waals surface area contributed by atoms with Gasteiger partial charge in [0.1, 0.15) is 11.6 Å². The number of benzene rings is 1. The van der Waals surface area contributed by atoms with Crippen molar-refractivity contribution in [1.29, 1.82) is 0 Å². The molecule has 0 bridgehead atoms. The minimum absolute atomic E-state index is 0.0600. The van der Waals surface area contributed by atoms with Crippen molar-refractivity contribution in [3.05, 3.63) is 34.9 Å². The molecule has 1 aliphatic heterocycles. The van der Waals surface area contributed by atoms with Crippen molar-refractivity contribution < 1.29 is 28.2 Å². The van der Waals surface area contributed by atoms with Gasteiger partial charge >= 0.3 is 5.97 Å². The highest BCUT2D eigenvalue weighted by Crippen LogP contribution is 2.17. The van der Waals surface area contributed by atoms with Gasteiger partial charge in [-0.2, -0.15) is 0 Å². The van der Waals surface area contributed by atoms with E-state index in [-0.39, 0.29) is 30.8 Å².